The summed E-state index contributed by atoms with van der Waals surface area (Å²) >= 11 is 0. The molecule has 0 fully saturated rings. The highest BCUT2D eigenvalue weighted by Crippen LogP contribution is 2.15. The first-order valence-corrected chi connectivity index (χ1v) is 5.99. The van der Waals surface area contributed by atoms with Crippen LogP contribution in [0.15, 0.2) is 24.3 Å². The van der Waals surface area contributed by atoms with Gasteiger partial charge in [-0.05, 0) is 30.5 Å². The Labute approximate surface area is 93.6 Å². The van der Waals surface area contributed by atoms with Crippen molar-refractivity contribution >= 4 is 10.1 Å². The molecule has 0 aliphatic carbocycles. The van der Waals surface area contributed by atoms with E-state index in [1.807, 2.05) is 0 Å². The van der Waals surface area contributed by atoms with Crippen LogP contribution in [0.4, 0.5) is 0 Å². The summed E-state index contributed by atoms with van der Waals surface area (Å²) in [5.74, 6) is 0.116. The molecule has 90 valence electrons. The van der Waals surface area contributed by atoms with Gasteiger partial charge in [0.15, 0.2) is 4.99 Å². The molecule has 1 aromatic rings. The summed E-state index contributed by atoms with van der Waals surface area (Å²) < 4.78 is 30.3. The Balaban J connectivity index is 2.68. The van der Waals surface area contributed by atoms with Crippen LogP contribution in [0.1, 0.15) is 12.0 Å². The van der Waals surface area contributed by atoms with Crippen molar-refractivity contribution in [3.05, 3.63) is 29.8 Å². The third-order valence-electron chi connectivity index (χ3n) is 2.22. The van der Waals surface area contributed by atoms with E-state index in [1.165, 1.54) is 12.1 Å². The van der Waals surface area contributed by atoms with Crippen LogP contribution in [0, 0.1) is 0 Å². The van der Waals surface area contributed by atoms with E-state index in [1.54, 1.807) is 12.1 Å². The van der Waals surface area contributed by atoms with Gasteiger partial charge in [-0.3, -0.25) is 16.0 Å². The van der Waals surface area contributed by atoms with E-state index in [2.05, 4.69) is 0 Å². The number of hydrogen-bond acceptors (Lipinski definition) is 5. The number of nitrogens with two attached hydrogens (primary N) is 2. The van der Waals surface area contributed by atoms with E-state index in [-0.39, 0.29) is 18.6 Å². The molecule has 6 nitrogen and oxygen atoms in total. The van der Waals surface area contributed by atoms with Gasteiger partial charge in [0.1, 0.15) is 5.75 Å². The van der Waals surface area contributed by atoms with Crippen molar-refractivity contribution in [2.45, 2.75) is 17.8 Å². The van der Waals surface area contributed by atoms with E-state index in [0.29, 0.717) is 0 Å². The molecule has 0 aliphatic rings. The third kappa shape index (κ3) is 3.17. The fourth-order valence-corrected chi connectivity index (χ4v) is 1.49. The first-order valence-electron chi connectivity index (χ1n) is 4.55. The maximum atomic E-state index is 10.8. The molecule has 0 aromatic heterocycles. The van der Waals surface area contributed by atoms with E-state index in [4.69, 9.17) is 21.1 Å². The SMILES string of the molecule is NC(N)(CCc1ccc(O)cc1)S(=O)(=O)O. The zero-order chi connectivity index (χ0) is 12.4. The predicted octanol–water partition coefficient (Wildman–Crippen LogP) is -0.216. The Kier molecular flexibility index (Phi) is 3.54. The number of hydrogen-bond donors (Lipinski definition) is 4. The number of aromatic hydroxyl groups is 1. The van der Waals surface area contributed by atoms with E-state index >= 15 is 0 Å². The van der Waals surface area contributed by atoms with E-state index < -0.39 is 15.1 Å². The molecule has 6 N–H and O–H groups in total. The van der Waals surface area contributed by atoms with Gasteiger partial charge >= 0.3 is 0 Å². The summed E-state index contributed by atoms with van der Waals surface area (Å²) in [4.78, 5) is -2.15. The van der Waals surface area contributed by atoms with Crippen LogP contribution in [0.5, 0.6) is 5.75 Å². The van der Waals surface area contributed by atoms with Crippen molar-refractivity contribution in [1.82, 2.24) is 0 Å². The van der Waals surface area contributed by atoms with Gasteiger partial charge < -0.3 is 5.11 Å². The minimum atomic E-state index is -4.47. The molecular formula is C9H14N2O4S. The average Bonchev–Trinajstić information content (AvgIpc) is 2.15. The second-order valence-electron chi connectivity index (χ2n) is 3.60. The highest BCUT2D eigenvalue weighted by atomic mass is 32.2. The van der Waals surface area contributed by atoms with Crippen molar-refractivity contribution in [1.29, 1.82) is 0 Å². The highest BCUT2D eigenvalue weighted by molar-refractivity contribution is 7.87. The molecule has 0 heterocycles. The maximum Gasteiger partial charge on any atom is 0.297 e. The molecule has 0 spiro atoms. The largest absolute Gasteiger partial charge is 0.508 e. The number of phenols is 1. The Morgan fingerprint density at radius 1 is 1.19 bits per heavy atom. The number of phenolic OH excluding ortho intramolecular Hbond substituents is 1. The van der Waals surface area contributed by atoms with Crippen molar-refractivity contribution in [2.24, 2.45) is 11.5 Å². The quantitative estimate of drug-likeness (QED) is 0.430. The van der Waals surface area contributed by atoms with Gasteiger partial charge in [-0.15, -0.1) is 0 Å². The highest BCUT2D eigenvalue weighted by Gasteiger charge is 2.33. The molecular weight excluding hydrogens is 232 g/mol. The maximum absolute atomic E-state index is 10.8. The summed E-state index contributed by atoms with van der Waals surface area (Å²) in [5, 5.41) is 9.03. The standard InChI is InChI=1S/C9H14N2O4S/c10-9(11,16(13,14)15)6-5-7-1-3-8(12)4-2-7/h1-4,12H,5-6,10-11H2,(H,13,14,15). The first-order chi connectivity index (χ1) is 7.22. The lowest BCUT2D eigenvalue weighted by Gasteiger charge is -2.20. The van der Waals surface area contributed by atoms with Gasteiger partial charge in [-0.1, -0.05) is 12.1 Å². The average molecular weight is 246 g/mol. The molecule has 0 unspecified atom stereocenters. The smallest absolute Gasteiger partial charge is 0.297 e. The van der Waals surface area contributed by atoms with Gasteiger partial charge in [-0.2, -0.15) is 8.42 Å². The van der Waals surface area contributed by atoms with Crippen LogP contribution in [-0.2, 0) is 16.5 Å². The fraction of sp³-hybridized carbons (Fsp3) is 0.333. The van der Waals surface area contributed by atoms with E-state index in [0.717, 1.165) is 5.56 Å². The second-order valence-corrected chi connectivity index (χ2v) is 5.31. The summed E-state index contributed by atoms with van der Waals surface area (Å²) in [6, 6.07) is 6.18. The Morgan fingerprint density at radius 2 is 1.69 bits per heavy atom. The molecule has 0 radical (unpaired) electrons. The van der Waals surface area contributed by atoms with Crippen LogP contribution >= 0.6 is 0 Å². The molecule has 0 saturated heterocycles. The molecule has 16 heavy (non-hydrogen) atoms. The van der Waals surface area contributed by atoms with Gasteiger partial charge in [-0.25, -0.2) is 0 Å². The zero-order valence-corrected chi connectivity index (χ0v) is 9.31. The van der Waals surface area contributed by atoms with Crippen LogP contribution in [0.2, 0.25) is 0 Å². The zero-order valence-electron chi connectivity index (χ0n) is 8.50. The van der Waals surface area contributed by atoms with Crippen LogP contribution in [0.3, 0.4) is 0 Å². The van der Waals surface area contributed by atoms with Crippen molar-refractivity contribution in [2.75, 3.05) is 0 Å². The van der Waals surface area contributed by atoms with Crippen molar-refractivity contribution in [3.63, 3.8) is 0 Å². The summed E-state index contributed by atoms with van der Waals surface area (Å²) in [7, 11) is -4.47. The number of rotatable bonds is 4. The lowest BCUT2D eigenvalue weighted by atomic mass is 10.1. The van der Waals surface area contributed by atoms with Crippen molar-refractivity contribution < 1.29 is 18.1 Å². The molecule has 0 aliphatic heterocycles. The Hall–Kier alpha value is -1.15. The van der Waals surface area contributed by atoms with Gasteiger partial charge in [0.2, 0.25) is 0 Å². The normalized spacial score (nSPS) is 12.7. The molecule has 0 bridgehead atoms. The predicted molar refractivity (Wildman–Crippen MR) is 59.1 cm³/mol. The van der Waals surface area contributed by atoms with Gasteiger partial charge in [0.05, 0.1) is 0 Å². The lowest BCUT2D eigenvalue weighted by Crippen LogP contribution is -2.56. The van der Waals surface area contributed by atoms with Crippen LogP contribution < -0.4 is 11.5 Å². The molecule has 0 atom stereocenters. The molecule has 7 heteroatoms. The number of benzene rings is 1. The lowest BCUT2D eigenvalue weighted by molar-refractivity contribution is 0.415. The summed E-state index contributed by atoms with van der Waals surface area (Å²) in [6.07, 6.45) is 0.170. The van der Waals surface area contributed by atoms with Crippen LogP contribution in [-0.4, -0.2) is 23.1 Å². The van der Waals surface area contributed by atoms with Crippen molar-refractivity contribution in [3.8, 4) is 5.75 Å². The van der Waals surface area contributed by atoms with E-state index in [9.17, 15) is 8.42 Å². The molecule has 1 rings (SSSR count). The number of aryl methyl sites for hydroxylation is 1. The third-order valence-corrected chi connectivity index (χ3v) is 3.39. The minimum absolute atomic E-state index is 0.114. The molecule has 0 saturated carbocycles. The fourth-order valence-electron chi connectivity index (χ4n) is 1.13. The molecule has 1 aromatic carbocycles. The summed E-state index contributed by atoms with van der Waals surface area (Å²) in [5.41, 5.74) is 11.3. The Bertz CT molecular complexity index is 453. The molecule has 0 amide bonds. The first kappa shape index (κ1) is 12.9. The topological polar surface area (TPSA) is 127 Å². The minimum Gasteiger partial charge on any atom is -0.508 e. The van der Waals surface area contributed by atoms with Gasteiger partial charge in [0, 0.05) is 0 Å². The monoisotopic (exact) mass is 246 g/mol. The van der Waals surface area contributed by atoms with Gasteiger partial charge in [0.25, 0.3) is 10.1 Å². The second kappa shape index (κ2) is 4.38. The Morgan fingerprint density at radius 3 is 2.12 bits per heavy atom. The summed E-state index contributed by atoms with van der Waals surface area (Å²) in [6.45, 7) is 0. The van der Waals surface area contributed by atoms with Crippen LogP contribution in [0.25, 0.3) is 0 Å².